The van der Waals surface area contributed by atoms with E-state index < -0.39 is 0 Å². The second kappa shape index (κ2) is 6.78. The van der Waals surface area contributed by atoms with Crippen molar-refractivity contribution in [2.45, 2.75) is 32.8 Å². The van der Waals surface area contributed by atoms with Gasteiger partial charge in [0.2, 0.25) is 5.88 Å². The number of piperidine rings is 1. The molecule has 0 unspecified atom stereocenters. The minimum Gasteiger partial charge on any atom is -0.472 e. The first-order valence-electron chi connectivity index (χ1n) is 8.94. The fourth-order valence-electron chi connectivity index (χ4n) is 3.50. The zero-order valence-corrected chi connectivity index (χ0v) is 15.0. The number of fused-ring (bicyclic) bond motifs is 1. The number of aryl methyl sites for hydroxylation is 2. The van der Waals surface area contributed by atoms with E-state index in [2.05, 4.69) is 15.0 Å². The van der Waals surface area contributed by atoms with Crippen LogP contribution in [0.15, 0.2) is 36.5 Å². The molecule has 1 N–H and O–H groups in total. The lowest BCUT2D eigenvalue weighted by Gasteiger charge is -2.32. The molecule has 1 aliphatic rings. The standard InChI is InChI=1S/C20H22N4O2/c1-13-10-19(23-14(2)22-13)26-17-4-3-9-24(12-17)20(25)16-6-5-15-7-8-21-18(15)11-16/h5-8,10-11,17,21H,3-4,9,12H2,1-2H3/t17-/m0/s1. The van der Waals surface area contributed by atoms with E-state index in [4.69, 9.17) is 4.74 Å². The predicted molar refractivity (Wildman–Crippen MR) is 99.4 cm³/mol. The quantitative estimate of drug-likeness (QED) is 0.787. The van der Waals surface area contributed by atoms with Gasteiger partial charge < -0.3 is 14.6 Å². The first-order valence-corrected chi connectivity index (χ1v) is 8.94. The molecule has 0 aliphatic carbocycles. The Morgan fingerprint density at radius 2 is 2.12 bits per heavy atom. The number of hydrogen-bond acceptors (Lipinski definition) is 4. The fourth-order valence-corrected chi connectivity index (χ4v) is 3.50. The van der Waals surface area contributed by atoms with E-state index >= 15 is 0 Å². The van der Waals surface area contributed by atoms with E-state index in [-0.39, 0.29) is 12.0 Å². The van der Waals surface area contributed by atoms with Crippen LogP contribution < -0.4 is 4.74 Å². The minimum atomic E-state index is -0.0457. The molecule has 26 heavy (non-hydrogen) atoms. The summed E-state index contributed by atoms with van der Waals surface area (Å²) in [6.07, 6.45) is 3.68. The highest BCUT2D eigenvalue weighted by molar-refractivity contribution is 5.98. The maximum absolute atomic E-state index is 12.9. The predicted octanol–water partition coefficient (Wildman–Crippen LogP) is 3.26. The van der Waals surface area contributed by atoms with Crippen molar-refractivity contribution in [1.29, 1.82) is 0 Å². The SMILES string of the molecule is Cc1cc(O[C@H]2CCCN(C(=O)c3ccc4cc[nH]c4c3)C2)nc(C)n1. The van der Waals surface area contributed by atoms with E-state index in [1.165, 1.54) is 0 Å². The third-order valence-electron chi connectivity index (χ3n) is 4.70. The van der Waals surface area contributed by atoms with Gasteiger partial charge in [0, 0.05) is 35.6 Å². The fraction of sp³-hybridized carbons (Fsp3) is 0.350. The van der Waals surface area contributed by atoms with Crippen LogP contribution in [0.2, 0.25) is 0 Å². The summed E-state index contributed by atoms with van der Waals surface area (Å²) in [6.45, 7) is 5.11. The van der Waals surface area contributed by atoms with Gasteiger partial charge in [0.25, 0.3) is 5.91 Å². The summed E-state index contributed by atoms with van der Waals surface area (Å²) in [5.41, 5.74) is 2.57. The van der Waals surface area contributed by atoms with Crippen LogP contribution in [-0.4, -0.2) is 45.0 Å². The number of amides is 1. The van der Waals surface area contributed by atoms with Crippen molar-refractivity contribution in [3.8, 4) is 5.88 Å². The number of likely N-dealkylation sites (tertiary alicyclic amines) is 1. The Balaban J connectivity index is 1.47. The van der Waals surface area contributed by atoms with E-state index in [1.54, 1.807) is 0 Å². The third-order valence-corrected chi connectivity index (χ3v) is 4.70. The van der Waals surface area contributed by atoms with Crippen LogP contribution in [0.5, 0.6) is 5.88 Å². The van der Waals surface area contributed by atoms with Gasteiger partial charge in [-0.25, -0.2) is 4.98 Å². The Morgan fingerprint density at radius 1 is 1.23 bits per heavy atom. The number of H-pyrrole nitrogens is 1. The molecule has 1 amide bonds. The van der Waals surface area contributed by atoms with Crippen molar-refractivity contribution < 1.29 is 9.53 Å². The van der Waals surface area contributed by atoms with Crippen LogP contribution in [0.25, 0.3) is 10.9 Å². The summed E-state index contributed by atoms with van der Waals surface area (Å²) < 4.78 is 6.04. The number of aromatic amines is 1. The molecule has 1 fully saturated rings. The molecule has 0 saturated carbocycles. The molecule has 6 heteroatoms. The molecule has 2 aromatic heterocycles. The van der Waals surface area contributed by atoms with Crippen molar-refractivity contribution in [2.24, 2.45) is 0 Å². The first-order chi connectivity index (χ1) is 12.6. The highest BCUT2D eigenvalue weighted by atomic mass is 16.5. The second-order valence-corrected chi connectivity index (χ2v) is 6.81. The molecule has 134 valence electrons. The Bertz CT molecular complexity index is 930. The number of carbonyl (C=O) groups excluding carboxylic acids is 1. The van der Waals surface area contributed by atoms with Crippen LogP contribution >= 0.6 is 0 Å². The summed E-state index contributed by atoms with van der Waals surface area (Å²) in [4.78, 5) is 26.6. The number of rotatable bonds is 3. The molecule has 6 nitrogen and oxygen atoms in total. The highest BCUT2D eigenvalue weighted by Gasteiger charge is 2.26. The van der Waals surface area contributed by atoms with E-state index in [0.29, 0.717) is 23.8 Å². The number of benzene rings is 1. The van der Waals surface area contributed by atoms with Gasteiger partial charge in [-0.1, -0.05) is 6.07 Å². The van der Waals surface area contributed by atoms with Gasteiger partial charge in [-0.15, -0.1) is 0 Å². The van der Waals surface area contributed by atoms with Gasteiger partial charge in [-0.3, -0.25) is 4.79 Å². The number of nitrogens with one attached hydrogen (secondary N) is 1. The topological polar surface area (TPSA) is 71.1 Å². The first kappa shape index (κ1) is 16.6. The number of hydrogen-bond donors (Lipinski definition) is 1. The molecule has 4 rings (SSSR count). The van der Waals surface area contributed by atoms with E-state index in [9.17, 15) is 4.79 Å². The van der Waals surface area contributed by atoms with Crippen molar-refractivity contribution in [1.82, 2.24) is 19.9 Å². The molecular formula is C20H22N4O2. The number of ether oxygens (including phenoxy) is 1. The third kappa shape index (κ3) is 3.40. The van der Waals surface area contributed by atoms with Gasteiger partial charge in [-0.05, 0) is 50.3 Å². The zero-order valence-electron chi connectivity index (χ0n) is 15.0. The normalized spacial score (nSPS) is 17.5. The van der Waals surface area contributed by atoms with Gasteiger partial charge in [0.1, 0.15) is 11.9 Å². The monoisotopic (exact) mass is 350 g/mol. The summed E-state index contributed by atoms with van der Waals surface area (Å²) in [5.74, 6) is 1.33. The van der Waals surface area contributed by atoms with Crippen LogP contribution in [0.4, 0.5) is 0 Å². The smallest absolute Gasteiger partial charge is 0.254 e. The second-order valence-electron chi connectivity index (χ2n) is 6.81. The Kier molecular flexibility index (Phi) is 4.32. The van der Waals surface area contributed by atoms with E-state index in [0.717, 1.165) is 36.0 Å². The molecule has 0 radical (unpaired) electrons. The molecule has 1 saturated heterocycles. The Labute approximate surface area is 152 Å². The molecular weight excluding hydrogens is 328 g/mol. The average Bonchev–Trinajstić information content (AvgIpc) is 3.08. The Morgan fingerprint density at radius 3 is 2.96 bits per heavy atom. The number of nitrogens with zero attached hydrogens (tertiary/aromatic N) is 3. The molecule has 1 aromatic carbocycles. The van der Waals surface area contributed by atoms with Gasteiger partial charge in [-0.2, -0.15) is 4.98 Å². The largest absolute Gasteiger partial charge is 0.472 e. The van der Waals surface area contributed by atoms with Crippen molar-refractivity contribution in [2.75, 3.05) is 13.1 Å². The highest BCUT2D eigenvalue weighted by Crippen LogP contribution is 2.21. The molecule has 0 spiro atoms. The number of aromatic nitrogens is 3. The maximum atomic E-state index is 12.9. The average molecular weight is 350 g/mol. The van der Waals surface area contributed by atoms with Gasteiger partial charge >= 0.3 is 0 Å². The van der Waals surface area contributed by atoms with Gasteiger partial charge in [0.15, 0.2) is 0 Å². The zero-order chi connectivity index (χ0) is 18.1. The Hall–Kier alpha value is -2.89. The van der Waals surface area contributed by atoms with Gasteiger partial charge in [0.05, 0.1) is 6.54 Å². The molecule has 3 heterocycles. The lowest BCUT2D eigenvalue weighted by atomic mass is 10.1. The molecule has 1 atom stereocenters. The summed E-state index contributed by atoms with van der Waals surface area (Å²) in [7, 11) is 0. The maximum Gasteiger partial charge on any atom is 0.254 e. The lowest BCUT2D eigenvalue weighted by molar-refractivity contribution is 0.0527. The lowest BCUT2D eigenvalue weighted by Crippen LogP contribution is -2.44. The summed E-state index contributed by atoms with van der Waals surface area (Å²) in [5, 5.41) is 1.11. The summed E-state index contributed by atoms with van der Waals surface area (Å²) >= 11 is 0. The van der Waals surface area contributed by atoms with Crippen molar-refractivity contribution >= 4 is 16.8 Å². The van der Waals surface area contributed by atoms with Crippen LogP contribution in [0.3, 0.4) is 0 Å². The van der Waals surface area contributed by atoms with Crippen molar-refractivity contribution in [3.63, 3.8) is 0 Å². The van der Waals surface area contributed by atoms with Crippen LogP contribution in [0.1, 0.15) is 34.7 Å². The minimum absolute atomic E-state index is 0.0457. The molecule has 0 bridgehead atoms. The molecule has 1 aliphatic heterocycles. The van der Waals surface area contributed by atoms with E-state index in [1.807, 2.05) is 55.3 Å². The summed E-state index contributed by atoms with van der Waals surface area (Å²) in [6, 6.07) is 9.62. The van der Waals surface area contributed by atoms with Crippen LogP contribution in [0, 0.1) is 13.8 Å². The van der Waals surface area contributed by atoms with Crippen LogP contribution in [-0.2, 0) is 0 Å². The number of carbonyl (C=O) groups is 1. The van der Waals surface area contributed by atoms with Crippen molar-refractivity contribution in [3.05, 3.63) is 53.6 Å². The molecule has 3 aromatic rings.